The molecule has 178 valence electrons. The lowest BCUT2D eigenvalue weighted by molar-refractivity contribution is 0.545. The van der Waals surface area contributed by atoms with E-state index < -0.39 is 0 Å². The topological polar surface area (TPSA) is 58.1 Å². The van der Waals surface area contributed by atoms with Crippen molar-refractivity contribution >= 4 is 29.2 Å². The second-order valence-electron chi connectivity index (χ2n) is 8.19. The summed E-state index contributed by atoms with van der Waals surface area (Å²) in [7, 11) is 0. The lowest BCUT2D eigenvalue weighted by atomic mass is 10.2. The Morgan fingerprint density at radius 2 is 1.49 bits per heavy atom. The molecule has 7 heteroatoms. The van der Waals surface area contributed by atoms with Crippen LogP contribution in [0.5, 0.6) is 0 Å². The molecule has 0 atom stereocenters. The van der Waals surface area contributed by atoms with Gasteiger partial charge in [-0.05, 0) is 56.3 Å². The van der Waals surface area contributed by atoms with Crippen LogP contribution in [0, 0.1) is 0 Å². The summed E-state index contributed by atoms with van der Waals surface area (Å²) in [6, 6.07) is 24.4. The molecule has 1 aromatic carbocycles. The van der Waals surface area contributed by atoms with E-state index in [1.54, 1.807) is 0 Å². The van der Waals surface area contributed by atoms with E-state index in [9.17, 15) is 0 Å². The molecule has 1 aliphatic heterocycles. The van der Waals surface area contributed by atoms with E-state index in [4.69, 9.17) is 9.40 Å². The van der Waals surface area contributed by atoms with Crippen LogP contribution in [0.2, 0.25) is 0 Å². The van der Waals surface area contributed by atoms with Crippen LogP contribution in [0.15, 0.2) is 89.6 Å². The molecule has 6 nitrogen and oxygen atoms in total. The third kappa shape index (κ3) is 5.49. The van der Waals surface area contributed by atoms with Gasteiger partial charge >= 0.3 is 0 Å². The molecule has 0 unspecified atom stereocenters. The fraction of sp³-hybridized carbons (Fsp3) is 0.214. The number of pyridine rings is 2. The molecular formula is C28H29ClN5O+. The second kappa shape index (κ2) is 11.1. The van der Waals surface area contributed by atoms with Crippen LogP contribution in [0.1, 0.15) is 25.2 Å². The summed E-state index contributed by atoms with van der Waals surface area (Å²) in [5.41, 5.74) is 5.62. The Morgan fingerprint density at radius 1 is 0.800 bits per heavy atom. The van der Waals surface area contributed by atoms with Crippen molar-refractivity contribution in [3.8, 4) is 11.5 Å². The Labute approximate surface area is 211 Å². The van der Waals surface area contributed by atoms with Crippen LogP contribution in [0.3, 0.4) is 0 Å². The molecular weight excluding hydrogens is 458 g/mol. The lowest BCUT2D eigenvalue weighted by Gasteiger charge is -2.21. The van der Waals surface area contributed by atoms with Crippen molar-refractivity contribution in [3.63, 3.8) is 0 Å². The van der Waals surface area contributed by atoms with Gasteiger partial charge in [0.15, 0.2) is 24.4 Å². The van der Waals surface area contributed by atoms with Crippen molar-refractivity contribution < 1.29 is 4.42 Å². The van der Waals surface area contributed by atoms with E-state index in [2.05, 4.69) is 57.6 Å². The number of fused-ring (bicyclic) bond motifs is 2. The third-order valence-electron chi connectivity index (χ3n) is 6.00. The number of nitrogens with zero attached hydrogens (tertiary/aromatic N) is 5. The van der Waals surface area contributed by atoms with E-state index in [1.807, 2.05) is 60.9 Å². The Kier molecular flexibility index (Phi) is 7.73. The average Bonchev–Trinajstić information content (AvgIpc) is 2.89. The van der Waals surface area contributed by atoms with Gasteiger partial charge < -0.3 is 9.32 Å². The zero-order valence-corrected chi connectivity index (χ0v) is 20.8. The van der Waals surface area contributed by atoms with Crippen LogP contribution in [0.25, 0.3) is 22.6 Å². The number of hydrogen-bond donors (Lipinski definition) is 0. The summed E-state index contributed by atoms with van der Waals surface area (Å²) < 4.78 is 8.63. The Balaban J connectivity index is 0.00000289. The van der Waals surface area contributed by atoms with Crippen molar-refractivity contribution in [1.82, 2.24) is 19.5 Å². The van der Waals surface area contributed by atoms with E-state index in [0.717, 1.165) is 58.1 Å². The first kappa shape index (κ1) is 24.4. The number of rotatable bonds is 7. The number of benzene rings is 2. The molecule has 3 aromatic rings. The Hall–Kier alpha value is -3.77. The van der Waals surface area contributed by atoms with Crippen molar-refractivity contribution in [2.24, 2.45) is 0 Å². The van der Waals surface area contributed by atoms with Crippen LogP contribution >= 0.6 is 12.4 Å². The molecule has 2 aliphatic rings. The molecule has 0 amide bonds. The normalized spacial score (nSPS) is 10.8. The van der Waals surface area contributed by atoms with Gasteiger partial charge in [-0.25, -0.2) is 9.56 Å². The van der Waals surface area contributed by atoms with Crippen molar-refractivity contribution in [1.29, 1.82) is 0 Å². The van der Waals surface area contributed by atoms with Gasteiger partial charge in [-0.2, -0.15) is 0 Å². The van der Waals surface area contributed by atoms with E-state index in [1.165, 1.54) is 0 Å². The SMILES string of the molecule is CCN(CC)c1ccc2nc3ccc(=[N+](Cc4ccccn4)Cc4ccccn4)cc-3oc2c1.Cl. The molecule has 2 aromatic heterocycles. The zero-order valence-electron chi connectivity index (χ0n) is 20.0. The average molecular weight is 487 g/mol. The number of anilines is 1. The molecule has 3 heterocycles. The minimum atomic E-state index is 0. The van der Waals surface area contributed by atoms with Gasteiger partial charge in [0.25, 0.3) is 0 Å². The summed E-state index contributed by atoms with van der Waals surface area (Å²) in [5, 5.41) is 1.04. The molecule has 1 aliphatic carbocycles. The van der Waals surface area contributed by atoms with Crippen molar-refractivity contribution in [2.75, 3.05) is 18.0 Å². The van der Waals surface area contributed by atoms with Gasteiger partial charge in [-0.3, -0.25) is 9.97 Å². The summed E-state index contributed by atoms with van der Waals surface area (Å²) in [6.45, 7) is 7.54. The monoisotopic (exact) mass is 486 g/mol. The first-order chi connectivity index (χ1) is 16.7. The second-order valence-corrected chi connectivity index (χ2v) is 8.19. The Morgan fingerprint density at radius 3 is 2.09 bits per heavy atom. The molecule has 0 bridgehead atoms. The maximum Gasteiger partial charge on any atom is 0.204 e. The highest BCUT2D eigenvalue weighted by atomic mass is 35.5. The number of aromatic nitrogens is 3. The largest absolute Gasteiger partial charge is 0.452 e. The third-order valence-corrected chi connectivity index (χ3v) is 6.00. The van der Waals surface area contributed by atoms with Gasteiger partial charge in [0.2, 0.25) is 5.36 Å². The van der Waals surface area contributed by atoms with E-state index in [0.29, 0.717) is 13.1 Å². The molecule has 0 radical (unpaired) electrons. The first-order valence-electron chi connectivity index (χ1n) is 11.7. The summed E-state index contributed by atoms with van der Waals surface area (Å²) in [6.07, 6.45) is 3.65. The number of halogens is 1. The van der Waals surface area contributed by atoms with Gasteiger partial charge in [-0.1, -0.05) is 12.1 Å². The summed E-state index contributed by atoms with van der Waals surface area (Å²) in [4.78, 5) is 16.2. The predicted molar refractivity (Wildman–Crippen MR) is 143 cm³/mol. The van der Waals surface area contributed by atoms with Crippen molar-refractivity contribution in [2.45, 2.75) is 26.9 Å². The Bertz CT molecular complexity index is 1390. The first-order valence-corrected chi connectivity index (χ1v) is 11.7. The van der Waals surface area contributed by atoms with Crippen LogP contribution < -0.4 is 14.8 Å². The fourth-order valence-corrected chi connectivity index (χ4v) is 4.20. The fourth-order valence-electron chi connectivity index (χ4n) is 4.20. The highest BCUT2D eigenvalue weighted by molar-refractivity contribution is 5.85. The standard InChI is InChI=1S/C28H28N5O.ClH/c1-3-32(4-2)23-11-13-25-27(17-23)34-28-18-24(12-14-26(28)31-25)33(19-21-9-5-7-15-29-21)20-22-10-6-8-16-30-22;/h5-18H,3-4,19-20H2,1-2H3;1H/q+1;. The molecule has 5 rings (SSSR count). The summed E-state index contributed by atoms with van der Waals surface area (Å²) >= 11 is 0. The predicted octanol–water partition coefficient (Wildman–Crippen LogP) is 5.16. The van der Waals surface area contributed by atoms with Crippen molar-refractivity contribution in [3.05, 3.63) is 102 Å². The molecule has 0 saturated carbocycles. The molecule has 0 saturated heterocycles. The zero-order chi connectivity index (χ0) is 23.3. The van der Waals surface area contributed by atoms with Gasteiger partial charge in [0, 0.05) is 43.3 Å². The highest BCUT2D eigenvalue weighted by Crippen LogP contribution is 2.27. The maximum absolute atomic E-state index is 6.37. The van der Waals surface area contributed by atoms with Gasteiger partial charge in [0.05, 0.1) is 6.07 Å². The summed E-state index contributed by atoms with van der Waals surface area (Å²) in [5.74, 6) is 0.758. The highest BCUT2D eigenvalue weighted by Gasteiger charge is 2.16. The lowest BCUT2D eigenvalue weighted by Crippen LogP contribution is -2.30. The quantitative estimate of drug-likeness (QED) is 0.235. The molecule has 35 heavy (non-hydrogen) atoms. The molecule has 0 fully saturated rings. The molecule has 0 N–H and O–H groups in total. The van der Waals surface area contributed by atoms with Crippen LogP contribution in [-0.4, -0.2) is 28.0 Å². The van der Waals surface area contributed by atoms with Gasteiger partial charge in [-0.15, -0.1) is 12.4 Å². The number of hydrogen-bond acceptors (Lipinski definition) is 5. The van der Waals surface area contributed by atoms with Gasteiger partial charge in [0.1, 0.15) is 22.6 Å². The molecule has 0 spiro atoms. The van der Waals surface area contributed by atoms with E-state index >= 15 is 0 Å². The smallest absolute Gasteiger partial charge is 0.204 e. The van der Waals surface area contributed by atoms with Crippen LogP contribution in [-0.2, 0) is 13.1 Å². The minimum Gasteiger partial charge on any atom is -0.452 e. The van der Waals surface area contributed by atoms with E-state index in [-0.39, 0.29) is 12.4 Å². The van der Waals surface area contributed by atoms with Crippen LogP contribution in [0.4, 0.5) is 5.69 Å². The minimum absolute atomic E-state index is 0. The maximum atomic E-state index is 6.37.